The summed E-state index contributed by atoms with van der Waals surface area (Å²) in [5.41, 5.74) is 4.02. The Morgan fingerprint density at radius 2 is 1.85 bits per heavy atom. The van der Waals surface area contributed by atoms with Crippen LogP contribution in [-0.2, 0) is 4.74 Å². The first-order valence-corrected chi connectivity index (χ1v) is 8.38. The third kappa shape index (κ3) is 4.46. The number of hydrogen-bond acceptors (Lipinski definition) is 1. The van der Waals surface area contributed by atoms with Crippen molar-refractivity contribution in [3.63, 3.8) is 0 Å². The molecule has 0 fully saturated rings. The molecule has 0 bridgehead atoms. The summed E-state index contributed by atoms with van der Waals surface area (Å²) in [7, 11) is 0.651. The first-order chi connectivity index (χ1) is 5.73. The number of hydrogen-bond donors (Lipinski definition) is 0. The quantitative estimate of drug-likeness (QED) is 0.496. The van der Waals surface area contributed by atoms with Gasteiger partial charge in [0, 0.05) is 15.2 Å². The van der Waals surface area contributed by atoms with E-state index in [1.165, 1.54) is 5.57 Å². The van der Waals surface area contributed by atoms with E-state index in [1.54, 1.807) is 7.11 Å². The highest BCUT2D eigenvalue weighted by Gasteiger charge is 2.27. The molecular formula is C11H22OSi. The van der Waals surface area contributed by atoms with Crippen molar-refractivity contribution in [1.82, 2.24) is 0 Å². The summed E-state index contributed by atoms with van der Waals surface area (Å²) < 4.78 is 5.42. The highest BCUT2D eigenvalue weighted by molar-refractivity contribution is 6.76. The predicted molar refractivity (Wildman–Crippen MR) is 61.9 cm³/mol. The molecule has 0 heterocycles. The van der Waals surface area contributed by atoms with Crippen LogP contribution in [-0.4, -0.2) is 20.8 Å². The fourth-order valence-corrected chi connectivity index (χ4v) is 2.75. The lowest BCUT2D eigenvalue weighted by Crippen LogP contribution is -2.31. The zero-order chi connectivity index (χ0) is 10.7. The molecule has 76 valence electrons. The van der Waals surface area contributed by atoms with Crippen molar-refractivity contribution in [3.05, 3.63) is 17.9 Å². The minimum atomic E-state index is -1.09. The summed E-state index contributed by atoms with van der Waals surface area (Å²) in [4.78, 5) is 0. The lowest BCUT2D eigenvalue weighted by Gasteiger charge is -2.29. The molecule has 0 spiro atoms. The maximum atomic E-state index is 5.42. The normalized spacial score (nSPS) is 12.5. The van der Waals surface area contributed by atoms with Crippen LogP contribution in [0.1, 0.15) is 13.8 Å². The van der Waals surface area contributed by atoms with Crippen LogP contribution in [0.2, 0.25) is 25.7 Å². The number of rotatable bonds is 4. The smallest absolute Gasteiger partial charge is 0.0902 e. The van der Waals surface area contributed by atoms with Gasteiger partial charge in [0.1, 0.15) is 0 Å². The lowest BCUT2D eigenvalue weighted by molar-refractivity contribution is 0.0552. The van der Waals surface area contributed by atoms with Crippen molar-refractivity contribution in [2.75, 3.05) is 7.11 Å². The Balaban J connectivity index is 4.67. The van der Waals surface area contributed by atoms with Crippen LogP contribution < -0.4 is 0 Å². The van der Waals surface area contributed by atoms with Gasteiger partial charge in [-0.3, -0.25) is 0 Å². The SMILES string of the molecule is C=C=C(C[Si](C)(C)C)C(C)(C)OC. The maximum absolute atomic E-state index is 5.42. The second kappa shape index (κ2) is 4.27. The van der Waals surface area contributed by atoms with Gasteiger partial charge in [0.25, 0.3) is 0 Å². The molecule has 2 heteroatoms. The van der Waals surface area contributed by atoms with Crippen molar-refractivity contribution in [3.8, 4) is 0 Å². The fraction of sp³-hybridized carbons (Fsp3) is 0.727. The largest absolute Gasteiger partial charge is 0.374 e. The van der Waals surface area contributed by atoms with Crippen molar-refractivity contribution in [1.29, 1.82) is 0 Å². The Kier molecular flexibility index (Phi) is 4.17. The average molecular weight is 198 g/mol. The monoisotopic (exact) mass is 198 g/mol. The molecule has 0 aliphatic rings. The van der Waals surface area contributed by atoms with Crippen LogP contribution in [0.25, 0.3) is 0 Å². The van der Waals surface area contributed by atoms with E-state index in [0.717, 1.165) is 6.04 Å². The van der Waals surface area contributed by atoms with E-state index < -0.39 is 8.07 Å². The molecule has 0 rings (SSSR count). The van der Waals surface area contributed by atoms with Gasteiger partial charge in [-0.15, -0.1) is 5.73 Å². The molecule has 0 aliphatic heterocycles. The predicted octanol–water partition coefficient (Wildman–Crippen LogP) is 3.46. The molecule has 0 saturated heterocycles. The van der Waals surface area contributed by atoms with Crippen molar-refractivity contribution in [2.24, 2.45) is 0 Å². The van der Waals surface area contributed by atoms with Crippen molar-refractivity contribution >= 4 is 8.07 Å². The molecule has 1 nitrogen and oxygen atoms in total. The highest BCUT2D eigenvalue weighted by Crippen LogP contribution is 2.27. The molecule has 0 saturated carbocycles. The fourth-order valence-electron chi connectivity index (χ4n) is 1.14. The van der Waals surface area contributed by atoms with Gasteiger partial charge >= 0.3 is 0 Å². The van der Waals surface area contributed by atoms with E-state index in [-0.39, 0.29) is 5.60 Å². The molecule has 0 unspecified atom stereocenters. The average Bonchev–Trinajstić information content (AvgIpc) is 1.98. The molecule has 0 aromatic heterocycles. The Morgan fingerprint density at radius 3 is 2.08 bits per heavy atom. The molecule has 0 radical (unpaired) electrons. The van der Waals surface area contributed by atoms with Gasteiger partial charge < -0.3 is 4.74 Å². The topological polar surface area (TPSA) is 9.23 Å². The van der Waals surface area contributed by atoms with E-state index in [0.29, 0.717) is 0 Å². The van der Waals surface area contributed by atoms with Crippen LogP contribution in [0.4, 0.5) is 0 Å². The van der Waals surface area contributed by atoms with Gasteiger partial charge in [0.15, 0.2) is 0 Å². The van der Waals surface area contributed by atoms with Crippen LogP contribution in [0.15, 0.2) is 17.9 Å². The third-order valence-corrected chi connectivity index (χ3v) is 3.57. The summed E-state index contributed by atoms with van der Waals surface area (Å²) >= 11 is 0. The van der Waals surface area contributed by atoms with Crippen LogP contribution in [0.3, 0.4) is 0 Å². The van der Waals surface area contributed by atoms with Gasteiger partial charge in [-0.1, -0.05) is 26.2 Å². The molecule has 0 aliphatic carbocycles. The Morgan fingerprint density at radius 1 is 1.38 bits per heavy atom. The zero-order valence-electron chi connectivity index (χ0n) is 9.82. The standard InChI is InChI=1S/C11H22OSi/c1-8-10(9-13(5,6)7)11(2,3)12-4/h1,9H2,2-7H3. The minimum Gasteiger partial charge on any atom is -0.374 e. The van der Waals surface area contributed by atoms with E-state index in [4.69, 9.17) is 4.74 Å². The van der Waals surface area contributed by atoms with Crippen molar-refractivity contribution in [2.45, 2.75) is 45.1 Å². The van der Waals surface area contributed by atoms with E-state index >= 15 is 0 Å². The minimum absolute atomic E-state index is 0.206. The lowest BCUT2D eigenvalue weighted by atomic mass is 10.0. The first kappa shape index (κ1) is 12.7. The molecule has 13 heavy (non-hydrogen) atoms. The second-order valence-corrected chi connectivity index (χ2v) is 10.6. The van der Waals surface area contributed by atoms with Gasteiger partial charge in [-0.25, -0.2) is 0 Å². The first-order valence-electron chi connectivity index (χ1n) is 4.67. The molecule has 0 aromatic rings. The molecular weight excluding hydrogens is 176 g/mol. The van der Waals surface area contributed by atoms with Crippen LogP contribution >= 0.6 is 0 Å². The third-order valence-electron chi connectivity index (χ3n) is 2.16. The number of methoxy groups -OCH3 is 1. The summed E-state index contributed by atoms with van der Waals surface area (Å²) in [6.07, 6.45) is 0. The number of ether oxygens (including phenoxy) is 1. The molecule has 0 N–H and O–H groups in total. The van der Waals surface area contributed by atoms with Crippen molar-refractivity contribution < 1.29 is 4.74 Å². The van der Waals surface area contributed by atoms with Gasteiger partial charge in [0.05, 0.1) is 5.60 Å². The molecule has 0 aromatic carbocycles. The summed E-state index contributed by atoms with van der Waals surface area (Å²) in [6.45, 7) is 14.9. The van der Waals surface area contributed by atoms with Gasteiger partial charge in [-0.05, 0) is 25.5 Å². The van der Waals surface area contributed by atoms with Gasteiger partial charge in [-0.2, -0.15) is 0 Å². The van der Waals surface area contributed by atoms with Gasteiger partial charge in [0.2, 0.25) is 0 Å². The summed E-state index contributed by atoms with van der Waals surface area (Å²) in [5, 5.41) is 0. The summed E-state index contributed by atoms with van der Waals surface area (Å²) in [6, 6.07) is 1.11. The zero-order valence-corrected chi connectivity index (χ0v) is 10.8. The summed E-state index contributed by atoms with van der Waals surface area (Å²) in [5.74, 6) is 0. The van der Waals surface area contributed by atoms with E-state index in [2.05, 4.69) is 45.8 Å². The van der Waals surface area contributed by atoms with E-state index in [9.17, 15) is 0 Å². The highest BCUT2D eigenvalue weighted by atomic mass is 28.3. The van der Waals surface area contributed by atoms with Crippen LogP contribution in [0, 0.1) is 0 Å². The molecule has 0 atom stereocenters. The van der Waals surface area contributed by atoms with E-state index in [1.807, 2.05) is 0 Å². The Bertz CT molecular complexity index is 217. The van der Waals surface area contributed by atoms with Crippen LogP contribution in [0.5, 0.6) is 0 Å². The maximum Gasteiger partial charge on any atom is 0.0902 e. The molecule has 0 amide bonds. The Labute approximate surface area is 83.5 Å². The second-order valence-electron chi connectivity index (χ2n) is 5.11. The Hall–Kier alpha value is -0.303.